The van der Waals surface area contributed by atoms with Crippen LogP contribution in [0.4, 0.5) is 5.69 Å². The Hall–Kier alpha value is -4.36. The number of hydrogen-bond acceptors (Lipinski definition) is 8. The van der Waals surface area contributed by atoms with E-state index in [4.69, 9.17) is 0 Å². The summed E-state index contributed by atoms with van der Waals surface area (Å²) in [5, 5.41) is 31.0. The molecule has 1 aromatic carbocycles. The number of fused-ring (bicyclic) bond motifs is 1. The van der Waals surface area contributed by atoms with Gasteiger partial charge in [-0.3, -0.25) is 28.9 Å². The van der Waals surface area contributed by atoms with E-state index in [-0.39, 0.29) is 37.8 Å². The summed E-state index contributed by atoms with van der Waals surface area (Å²) in [6.07, 6.45) is 3.89. The molecule has 1 fully saturated rings. The number of aliphatic carboxylic acids is 1. The lowest BCUT2D eigenvalue weighted by molar-refractivity contribution is -0.141. The van der Waals surface area contributed by atoms with Gasteiger partial charge in [0.2, 0.25) is 23.6 Å². The van der Waals surface area contributed by atoms with Gasteiger partial charge in [-0.2, -0.15) is 5.21 Å². The highest BCUT2D eigenvalue weighted by Gasteiger charge is 2.40. The van der Waals surface area contributed by atoms with Crippen molar-refractivity contribution >= 4 is 35.3 Å². The summed E-state index contributed by atoms with van der Waals surface area (Å²) in [5.74, 6) is -2.66. The summed E-state index contributed by atoms with van der Waals surface area (Å²) < 4.78 is 0. The minimum atomic E-state index is -0.940. The van der Waals surface area contributed by atoms with Crippen molar-refractivity contribution < 1.29 is 29.1 Å². The molecule has 1 aliphatic carbocycles. The molecule has 42 heavy (non-hydrogen) atoms. The molecule has 1 aliphatic heterocycles. The molecule has 2 heterocycles. The maximum atomic E-state index is 13.5. The Balaban J connectivity index is 1.40. The molecule has 14 heteroatoms. The minimum Gasteiger partial charge on any atom is -0.481 e. The van der Waals surface area contributed by atoms with Crippen molar-refractivity contribution in [2.24, 2.45) is 11.3 Å². The molecule has 5 N–H and O–H groups in total. The van der Waals surface area contributed by atoms with Crippen molar-refractivity contribution in [3.05, 3.63) is 35.7 Å². The topological polar surface area (TPSA) is 199 Å². The molecule has 0 bridgehead atoms. The van der Waals surface area contributed by atoms with Gasteiger partial charge in [-0.05, 0) is 35.8 Å². The molecule has 3 atom stereocenters. The average molecular weight is 583 g/mol. The Kier molecular flexibility index (Phi) is 9.86. The zero-order valence-corrected chi connectivity index (χ0v) is 23.9. The van der Waals surface area contributed by atoms with E-state index in [1.54, 1.807) is 12.1 Å². The molecule has 1 unspecified atom stereocenters. The van der Waals surface area contributed by atoms with Crippen molar-refractivity contribution in [2.75, 3.05) is 11.4 Å². The van der Waals surface area contributed by atoms with Gasteiger partial charge in [0.25, 0.3) is 0 Å². The van der Waals surface area contributed by atoms with Crippen LogP contribution in [0.2, 0.25) is 0 Å². The van der Waals surface area contributed by atoms with Gasteiger partial charge in [0.05, 0.1) is 19.5 Å². The Morgan fingerprint density at radius 2 is 1.86 bits per heavy atom. The van der Waals surface area contributed by atoms with Gasteiger partial charge in [-0.1, -0.05) is 56.5 Å². The van der Waals surface area contributed by atoms with Crippen LogP contribution in [0.15, 0.2) is 24.3 Å². The fourth-order valence-electron chi connectivity index (χ4n) is 5.93. The first-order valence-corrected chi connectivity index (χ1v) is 14.3. The quantitative estimate of drug-likeness (QED) is 0.227. The fourth-order valence-corrected chi connectivity index (χ4v) is 5.93. The monoisotopic (exact) mass is 582 g/mol. The smallest absolute Gasteiger partial charge is 0.303 e. The lowest BCUT2D eigenvalue weighted by Crippen LogP contribution is -2.54. The summed E-state index contributed by atoms with van der Waals surface area (Å²) in [7, 11) is 0. The number of hydrogen-bond donors (Lipinski definition) is 5. The third kappa shape index (κ3) is 7.28. The van der Waals surface area contributed by atoms with Crippen LogP contribution in [0, 0.1) is 11.3 Å². The number of tetrazole rings is 1. The minimum absolute atomic E-state index is 0.0314. The summed E-state index contributed by atoms with van der Waals surface area (Å²) in [6, 6.07) is 5.46. The Bertz CT molecular complexity index is 1290. The number of H-pyrrole nitrogens is 1. The lowest BCUT2D eigenvalue weighted by atomic mass is 9.79. The number of rotatable bonds is 13. The first kappa shape index (κ1) is 30.6. The van der Waals surface area contributed by atoms with E-state index < -0.39 is 41.2 Å². The number of nitrogens with zero attached hydrogens (tertiary/aromatic N) is 4. The van der Waals surface area contributed by atoms with Crippen LogP contribution in [-0.4, -0.2) is 74.0 Å². The highest BCUT2D eigenvalue weighted by molar-refractivity contribution is 6.05. The SMILES string of the molecule is CC[C@H](C)C(NC(=O)CC1(CC(=O)O)CCCC1)C(=O)NCC(=O)N1c2ccccc2C[C@H]1C(=O)NCc1nn[nH]n1. The van der Waals surface area contributed by atoms with Crippen molar-refractivity contribution in [2.45, 2.75) is 83.8 Å². The molecule has 0 radical (unpaired) electrons. The van der Waals surface area contributed by atoms with Gasteiger partial charge >= 0.3 is 5.97 Å². The van der Waals surface area contributed by atoms with E-state index in [0.717, 1.165) is 18.4 Å². The zero-order valence-electron chi connectivity index (χ0n) is 23.9. The summed E-state index contributed by atoms with van der Waals surface area (Å²) in [6.45, 7) is 3.37. The Labute approximate surface area is 243 Å². The average Bonchev–Trinajstić information content (AvgIpc) is 3.72. The number of anilines is 1. The van der Waals surface area contributed by atoms with Crippen molar-refractivity contribution in [3.8, 4) is 0 Å². The highest BCUT2D eigenvalue weighted by Crippen LogP contribution is 2.44. The van der Waals surface area contributed by atoms with Crippen molar-refractivity contribution in [3.63, 3.8) is 0 Å². The summed E-state index contributed by atoms with van der Waals surface area (Å²) >= 11 is 0. The number of carbonyl (C=O) groups is 5. The molecule has 0 spiro atoms. The maximum absolute atomic E-state index is 13.5. The van der Waals surface area contributed by atoms with Crippen LogP contribution < -0.4 is 20.9 Å². The van der Waals surface area contributed by atoms with Crippen molar-refractivity contribution in [1.82, 2.24) is 36.6 Å². The third-order valence-corrected chi connectivity index (χ3v) is 8.31. The first-order valence-electron chi connectivity index (χ1n) is 14.3. The molecular formula is C28H38N8O6. The largest absolute Gasteiger partial charge is 0.481 e. The van der Waals surface area contributed by atoms with Crippen LogP contribution in [-0.2, 0) is 36.9 Å². The second kappa shape index (κ2) is 13.5. The lowest BCUT2D eigenvalue weighted by Gasteiger charge is -2.29. The van der Waals surface area contributed by atoms with E-state index >= 15 is 0 Å². The fraction of sp³-hybridized carbons (Fsp3) is 0.571. The number of aromatic amines is 1. The predicted molar refractivity (Wildman–Crippen MR) is 150 cm³/mol. The molecule has 4 rings (SSSR count). The molecule has 2 aliphatic rings. The molecule has 14 nitrogen and oxygen atoms in total. The summed E-state index contributed by atoms with van der Waals surface area (Å²) in [5.41, 5.74) is 0.803. The number of carbonyl (C=O) groups excluding carboxylic acids is 4. The number of aromatic nitrogens is 4. The number of carboxylic acid groups (broad SMARTS) is 1. The van der Waals surface area contributed by atoms with Gasteiger partial charge in [0.15, 0.2) is 5.82 Å². The van der Waals surface area contributed by atoms with Crippen LogP contribution in [0.3, 0.4) is 0 Å². The van der Waals surface area contributed by atoms with E-state index in [0.29, 0.717) is 37.2 Å². The maximum Gasteiger partial charge on any atom is 0.303 e. The normalized spacial score (nSPS) is 18.5. The van der Waals surface area contributed by atoms with E-state index in [1.807, 2.05) is 26.0 Å². The van der Waals surface area contributed by atoms with Gasteiger partial charge in [0.1, 0.15) is 12.1 Å². The van der Waals surface area contributed by atoms with Gasteiger partial charge in [-0.15, -0.1) is 10.2 Å². The van der Waals surface area contributed by atoms with E-state index in [2.05, 4.69) is 36.6 Å². The van der Waals surface area contributed by atoms with Crippen LogP contribution in [0.25, 0.3) is 0 Å². The zero-order chi connectivity index (χ0) is 30.3. The first-order chi connectivity index (χ1) is 20.1. The molecular weight excluding hydrogens is 544 g/mol. The van der Waals surface area contributed by atoms with E-state index in [9.17, 15) is 29.1 Å². The standard InChI is InChI=1S/C28H38N8O6/c1-3-17(2)25(31-22(37)13-28(14-24(39)40)10-6-7-11-28)27(42)30-16-23(38)36-19-9-5-4-8-18(19)12-20(36)26(41)29-15-21-32-34-35-33-21/h4-5,8-9,17,20,25H,3,6-7,10-16H2,1-2H3,(H,29,41)(H,30,42)(H,31,37)(H,39,40)(H,32,33,34,35)/t17-,20-,25?/m0/s1. The second-order valence-electron chi connectivity index (χ2n) is 11.3. The Morgan fingerprint density at radius 1 is 1.12 bits per heavy atom. The number of amides is 4. The second-order valence-corrected chi connectivity index (χ2v) is 11.3. The number of para-hydroxylation sites is 1. The molecule has 4 amide bonds. The van der Waals surface area contributed by atoms with Crippen LogP contribution in [0.1, 0.15) is 70.2 Å². The highest BCUT2D eigenvalue weighted by atomic mass is 16.4. The molecule has 1 aromatic heterocycles. The number of benzene rings is 1. The molecule has 2 aromatic rings. The van der Waals surface area contributed by atoms with Gasteiger partial charge in [0, 0.05) is 18.5 Å². The Morgan fingerprint density at radius 3 is 2.52 bits per heavy atom. The molecule has 0 saturated heterocycles. The number of nitrogens with one attached hydrogen (secondary N) is 4. The van der Waals surface area contributed by atoms with Crippen LogP contribution >= 0.6 is 0 Å². The van der Waals surface area contributed by atoms with Gasteiger partial charge in [-0.25, -0.2) is 0 Å². The molecule has 226 valence electrons. The van der Waals surface area contributed by atoms with E-state index in [1.165, 1.54) is 4.90 Å². The van der Waals surface area contributed by atoms with Crippen LogP contribution in [0.5, 0.6) is 0 Å². The third-order valence-electron chi connectivity index (χ3n) is 8.31. The molecule has 1 saturated carbocycles. The van der Waals surface area contributed by atoms with Gasteiger partial charge < -0.3 is 21.1 Å². The van der Waals surface area contributed by atoms with Crippen molar-refractivity contribution in [1.29, 1.82) is 0 Å². The predicted octanol–water partition coefficient (Wildman–Crippen LogP) is 0.846. The summed E-state index contributed by atoms with van der Waals surface area (Å²) in [4.78, 5) is 65.7. The number of carboxylic acids is 1.